The molecule has 106 valence electrons. The topological polar surface area (TPSA) is 28.2 Å². The summed E-state index contributed by atoms with van der Waals surface area (Å²) in [6.45, 7) is 2.14. The van der Waals surface area contributed by atoms with Gasteiger partial charge in [0.1, 0.15) is 0 Å². The molecule has 1 aromatic heterocycles. The monoisotopic (exact) mass is 289 g/mol. The average molecular weight is 290 g/mol. The normalized spacial score (nSPS) is 19.5. The fourth-order valence-electron chi connectivity index (χ4n) is 3.12. The third-order valence-corrected chi connectivity index (χ3v) is 4.29. The van der Waals surface area contributed by atoms with E-state index in [-0.39, 0.29) is 0 Å². The number of anilines is 1. The van der Waals surface area contributed by atoms with Crippen molar-refractivity contribution >= 4 is 28.2 Å². The van der Waals surface area contributed by atoms with Crippen molar-refractivity contribution in [1.82, 2.24) is 10.3 Å². The van der Waals surface area contributed by atoms with E-state index < -0.39 is 0 Å². The average Bonchev–Trinajstić information content (AvgIpc) is 2.47. The number of rotatable bonds is 3. The molecule has 1 N–H and O–H groups in total. The molecular weight excluding hydrogens is 270 g/mol. The van der Waals surface area contributed by atoms with Crippen LogP contribution in [-0.4, -0.2) is 31.2 Å². The standard InChI is InChI=1S/C16H20ClN3/c1-18-11-13-4-2-3-9-20(13)16-7-8-19-15-10-12(17)5-6-14(15)16/h5-8,10,13,18H,2-4,9,11H2,1H3. The van der Waals surface area contributed by atoms with Gasteiger partial charge in [0.15, 0.2) is 0 Å². The molecule has 1 aromatic carbocycles. The lowest BCUT2D eigenvalue weighted by molar-refractivity contribution is 0.447. The van der Waals surface area contributed by atoms with Crippen molar-refractivity contribution in [3.8, 4) is 0 Å². The van der Waals surface area contributed by atoms with E-state index >= 15 is 0 Å². The molecule has 4 heteroatoms. The number of benzene rings is 1. The molecule has 2 aromatic rings. The van der Waals surface area contributed by atoms with Crippen molar-refractivity contribution in [2.45, 2.75) is 25.3 Å². The first-order valence-electron chi connectivity index (χ1n) is 7.25. The van der Waals surface area contributed by atoms with E-state index in [1.807, 2.05) is 25.4 Å². The molecule has 3 rings (SSSR count). The molecule has 1 aliphatic rings. The lowest BCUT2D eigenvalue weighted by Gasteiger charge is -2.38. The molecular formula is C16H20ClN3. The number of aromatic nitrogens is 1. The molecule has 1 aliphatic heterocycles. The third-order valence-electron chi connectivity index (χ3n) is 4.06. The van der Waals surface area contributed by atoms with E-state index in [0.29, 0.717) is 6.04 Å². The molecule has 0 amide bonds. The van der Waals surface area contributed by atoms with Gasteiger partial charge in [-0.1, -0.05) is 11.6 Å². The van der Waals surface area contributed by atoms with Crippen LogP contribution in [0.3, 0.4) is 0 Å². The predicted molar refractivity (Wildman–Crippen MR) is 85.7 cm³/mol. The van der Waals surface area contributed by atoms with E-state index in [2.05, 4.69) is 27.3 Å². The van der Waals surface area contributed by atoms with Crippen LogP contribution in [0.5, 0.6) is 0 Å². The number of nitrogens with one attached hydrogen (secondary N) is 1. The van der Waals surface area contributed by atoms with Crippen LogP contribution in [0.4, 0.5) is 5.69 Å². The first kappa shape index (κ1) is 13.7. The molecule has 0 saturated carbocycles. The Kier molecular flexibility index (Phi) is 4.08. The highest BCUT2D eigenvalue weighted by Crippen LogP contribution is 2.31. The van der Waals surface area contributed by atoms with Crippen LogP contribution in [0.1, 0.15) is 19.3 Å². The van der Waals surface area contributed by atoms with E-state index in [0.717, 1.165) is 23.6 Å². The Morgan fingerprint density at radius 3 is 3.10 bits per heavy atom. The Balaban J connectivity index is 2.03. The molecule has 2 heterocycles. The molecule has 0 aliphatic carbocycles. The van der Waals surface area contributed by atoms with Crippen molar-refractivity contribution in [3.05, 3.63) is 35.5 Å². The van der Waals surface area contributed by atoms with Crippen LogP contribution in [0.2, 0.25) is 5.02 Å². The molecule has 1 atom stereocenters. The number of hydrogen-bond donors (Lipinski definition) is 1. The van der Waals surface area contributed by atoms with Crippen LogP contribution in [0, 0.1) is 0 Å². The quantitative estimate of drug-likeness (QED) is 0.938. The highest BCUT2D eigenvalue weighted by atomic mass is 35.5. The minimum absolute atomic E-state index is 0.565. The first-order chi connectivity index (χ1) is 9.79. The Morgan fingerprint density at radius 2 is 2.25 bits per heavy atom. The number of halogens is 1. The number of hydrogen-bond acceptors (Lipinski definition) is 3. The van der Waals surface area contributed by atoms with Gasteiger partial charge in [0.25, 0.3) is 0 Å². The summed E-state index contributed by atoms with van der Waals surface area (Å²) in [5.74, 6) is 0. The van der Waals surface area contributed by atoms with Crippen molar-refractivity contribution in [1.29, 1.82) is 0 Å². The van der Waals surface area contributed by atoms with Gasteiger partial charge in [0, 0.05) is 41.4 Å². The largest absolute Gasteiger partial charge is 0.367 e. The number of likely N-dealkylation sites (N-methyl/N-ethyl adjacent to an activating group) is 1. The Morgan fingerprint density at radius 1 is 1.35 bits per heavy atom. The fourth-order valence-corrected chi connectivity index (χ4v) is 3.29. The highest BCUT2D eigenvalue weighted by molar-refractivity contribution is 6.31. The number of pyridine rings is 1. The van der Waals surface area contributed by atoms with E-state index in [1.54, 1.807) is 0 Å². The van der Waals surface area contributed by atoms with Crippen LogP contribution in [-0.2, 0) is 0 Å². The fraction of sp³-hybridized carbons (Fsp3) is 0.438. The molecule has 1 fully saturated rings. The van der Waals surface area contributed by atoms with Gasteiger partial charge in [0.05, 0.1) is 5.52 Å². The summed E-state index contributed by atoms with van der Waals surface area (Å²) in [7, 11) is 2.03. The van der Waals surface area contributed by atoms with Crippen LogP contribution >= 0.6 is 11.6 Å². The van der Waals surface area contributed by atoms with Crippen molar-refractivity contribution in [3.63, 3.8) is 0 Å². The second kappa shape index (κ2) is 5.98. The van der Waals surface area contributed by atoms with E-state index in [4.69, 9.17) is 11.6 Å². The molecule has 0 spiro atoms. The Bertz CT molecular complexity index is 597. The lowest BCUT2D eigenvalue weighted by Crippen LogP contribution is -2.45. The highest BCUT2D eigenvalue weighted by Gasteiger charge is 2.23. The Labute approximate surface area is 124 Å². The van der Waals surface area contributed by atoms with Crippen LogP contribution < -0.4 is 10.2 Å². The maximum Gasteiger partial charge on any atom is 0.0737 e. The van der Waals surface area contributed by atoms with Crippen LogP contribution in [0.25, 0.3) is 10.9 Å². The number of fused-ring (bicyclic) bond motifs is 1. The van der Waals surface area contributed by atoms with E-state index in [9.17, 15) is 0 Å². The van der Waals surface area contributed by atoms with Crippen LogP contribution in [0.15, 0.2) is 30.5 Å². The molecule has 0 radical (unpaired) electrons. The zero-order valence-electron chi connectivity index (χ0n) is 11.8. The predicted octanol–water partition coefficient (Wildman–Crippen LogP) is 3.47. The smallest absolute Gasteiger partial charge is 0.0737 e. The zero-order valence-corrected chi connectivity index (χ0v) is 12.5. The second-order valence-corrected chi connectivity index (χ2v) is 5.83. The summed E-state index contributed by atoms with van der Waals surface area (Å²) in [6.07, 6.45) is 5.71. The van der Waals surface area contributed by atoms with Gasteiger partial charge in [-0.05, 0) is 50.6 Å². The molecule has 0 bridgehead atoms. The first-order valence-corrected chi connectivity index (χ1v) is 7.63. The summed E-state index contributed by atoms with van der Waals surface area (Å²) in [5, 5.41) is 5.25. The Hall–Kier alpha value is -1.32. The van der Waals surface area contributed by atoms with Crippen molar-refractivity contribution in [2.75, 3.05) is 25.0 Å². The minimum atomic E-state index is 0.565. The van der Waals surface area contributed by atoms with Crippen molar-refractivity contribution < 1.29 is 0 Å². The van der Waals surface area contributed by atoms with Crippen molar-refractivity contribution in [2.24, 2.45) is 0 Å². The maximum atomic E-state index is 6.07. The van der Waals surface area contributed by atoms with Gasteiger partial charge in [0.2, 0.25) is 0 Å². The van der Waals surface area contributed by atoms with Gasteiger partial charge >= 0.3 is 0 Å². The number of piperidine rings is 1. The van der Waals surface area contributed by atoms with Gasteiger partial charge < -0.3 is 10.2 Å². The molecule has 20 heavy (non-hydrogen) atoms. The summed E-state index contributed by atoms with van der Waals surface area (Å²) < 4.78 is 0. The summed E-state index contributed by atoms with van der Waals surface area (Å²) in [4.78, 5) is 6.97. The van der Waals surface area contributed by atoms with Gasteiger partial charge in [-0.2, -0.15) is 0 Å². The SMILES string of the molecule is CNCC1CCCCN1c1ccnc2cc(Cl)ccc12. The van der Waals surface area contributed by atoms with Gasteiger partial charge in [-0.3, -0.25) is 4.98 Å². The summed E-state index contributed by atoms with van der Waals surface area (Å²) in [5.41, 5.74) is 2.26. The maximum absolute atomic E-state index is 6.07. The third kappa shape index (κ3) is 2.60. The molecule has 1 saturated heterocycles. The molecule has 1 unspecified atom stereocenters. The lowest BCUT2D eigenvalue weighted by atomic mass is 10.00. The second-order valence-electron chi connectivity index (χ2n) is 5.39. The number of nitrogens with zero attached hydrogens (tertiary/aromatic N) is 2. The van der Waals surface area contributed by atoms with E-state index in [1.165, 1.54) is 30.3 Å². The van der Waals surface area contributed by atoms with Gasteiger partial charge in [-0.15, -0.1) is 0 Å². The molecule has 3 nitrogen and oxygen atoms in total. The summed E-state index contributed by atoms with van der Waals surface area (Å²) in [6, 6.07) is 8.67. The minimum Gasteiger partial charge on any atom is -0.367 e. The zero-order chi connectivity index (χ0) is 13.9. The van der Waals surface area contributed by atoms with Gasteiger partial charge in [-0.25, -0.2) is 0 Å². The summed E-state index contributed by atoms with van der Waals surface area (Å²) >= 11 is 6.07.